The number of hydrogen-bond acceptors (Lipinski definition) is 4. The molecule has 0 spiro atoms. The molecule has 0 saturated carbocycles. The predicted molar refractivity (Wildman–Crippen MR) is 61.8 cm³/mol. The number of ether oxygens (including phenoxy) is 1. The van der Waals surface area contributed by atoms with E-state index in [0.717, 1.165) is 5.82 Å². The third kappa shape index (κ3) is 3.81. The normalized spacial score (nSPS) is 11.0. The molecule has 0 unspecified atom stereocenters. The van der Waals surface area contributed by atoms with Crippen LogP contribution in [-0.4, -0.2) is 22.5 Å². The molecular weight excluding hydrogens is 204 g/mol. The molecule has 1 aromatic rings. The minimum atomic E-state index is -0.354. The molecule has 0 bridgehead atoms. The van der Waals surface area contributed by atoms with Crippen LogP contribution in [0.3, 0.4) is 0 Å². The summed E-state index contributed by atoms with van der Waals surface area (Å²) < 4.78 is 4.77. The Morgan fingerprint density at radius 1 is 1.56 bits per heavy atom. The third-order valence-electron chi connectivity index (χ3n) is 1.89. The molecule has 0 N–H and O–H groups in total. The van der Waals surface area contributed by atoms with E-state index >= 15 is 0 Å². The van der Waals surface area contributed by atoms with Crippen molar-refractivity contribution in [2.45, 2.75) is 26.7 Å². The molecule has 0 aliphatic rings. The molecule has 1 rings (SSSR count). The Balaban J connectivity index is 2.74. The van der Waals surface area contributed by atoms with Crippen LogP contribution in [0.4, 0.5) is 0 Å². The van der Waals surface area contributed by atoms with E-state index in [1.165, 1.54) is 6.08 Å². The summed E-state index contributed by atoms with van der Waals surface area (Å²) in [5.74, 6) is 0.689. The van der Waals surface area contributed by atoms with Crippen molar-refractivity contribution >= 4 is 12.0 Å². The summed E-state index contributed by atoms with van der Waals surface area (Å²) in [4.78, 5) is 19.5. The van der Waals surface area contributed by atoms with E-state index < -0.39 is 0 Å². The summed E-state index contributed by atoms with van der Waals surface area (Å²) in [6.07, 6.45) is 4.69. The van der Waals surface area contributed by atoms with Gasteiger partial charge in [-0.2, -0.15) is 0 Å². The zero-order valence-corrected chi connectivity index (χ0v) is 9.80. The number of carbonyl (C=O) groups is 1. The van der Waals surface area contributed by atoms with Gasteiger partial charge < -0.3 is 4.74 Å². The fourth-order valence-electron chi connectivity index (χ4n) is 1.10. The van der Waals surface area contributed by atoms with Crippen LogP contribution in [0.15, 0.2) is 18.3 Å². The van der Waals surface area contributed by atoms with Gasteiger partial charge in [0.05, 0.1) is 12.3 Å². The van der Waals surface area contributed by atoms with E-state index in [-0.39, 0.29) is 11.9 Å². The maximum Gasteiger partial charge on any atom is 0.330 e. The number of carbonyl (C=O) groups excluding carboxylic acids is 1. The molecule has 86 valence electrons. The van der Waals surface area contributed by atoms with Crippen LogP contribution in [0.25, 0.3) is 6.08 Å². The molecule has 4 heteroatoms. The van der Waals surface area contributed by atoms with E-state index in [1.54, 1.807) is 25.3 Å². The van der Waals surface area contributed by atoms with E-state index in [0.29, 0.717) is 12.3 Å². The average molecular weight is 220 g/mol. The third-order valence-corrected chi connectivity index (χ3v) is 1.89. The standard InChI is InChI=1S/C12H16N2O2/c1-4-16-11(15)6-5-10-7-8-13-12(14-10)9(2)3/h5-9H,4H2,1-3H3/b6-5+. The first-order chi connectivity index (χ1) is 7.63. The number of hydrogen-bond donors (Lipinski definition) is 0. The molecule has 1 aromatic heterocycles. The Labute approximate surface area is 95.4 Å². The Morgan fingerprint density at radius 2 is 2.31 bits per heavy atom. The Hall–Kier alpha value is -1.71. The fraction of sp³-hybridized carbons (Fsp3) is 0.417. The minimum absolute atomic E-state index is 0.274. The summed E-state index contributed by atoms with van der Waals surface area (Å²) in [6, 6.07) is 1.75. The van der Waals surface area contributed by atoms with Crippen molar-refractivity contribution in [3.8, 4) is 0 Å². The Bertz CT molecular complexity index is 386. The lowest BCUT2D eigenvalue weighted by Gasteiger charge is -2.02. The summed E-state index contributed by atoms with van der Waals surface area (Å²) in [5.41, 5.74) is 0.715. The largest absolute Gasteiger partial charge is 0.463 e. The first-order valence-corrected chi connectivity index (χ1v) is 5.31. The van der Waals surface area contributed by atoms with Crippen molar-refractivity contribution in [1.29, 1.82) is 0 Å². The van der Waals surface area contributed by atoms with E-state index in [4.69, 9.17) is 4.74 Å². The van der Waals surface area contributed by atoms with Crippen molar-refractivity contribution < 1.29 is 9.53 Å². The summed E-state index contributed by atoms with van der Waals surface area (Å²) in [5, 5.41) is 0. The molecule has 1 heterocycles. The van der Waals surface area contributed by atoms with Crippen molar-refractivity contribution in [2.75, 3.05) is 6.61 Å². The smallest absolute Gasteiger partial charge is 0.330 e. The number of nitrogens with zero attached hydrogens (tertiary/aromatic N) is 2. The molecule has 0 atom stereocenters. The van der Waals surface area contributed by atoms with Crippen LogP contribution in [-0.2, 0) is 9.53 Å². The van der Waals surface area contributed by atoms with Crippen LogP contribution < -0.4 is 0 Å². The Kier molecular flexibility index (Phi) is 4.64. The second-order valence-electron chi connectivity index (χ2n) is 3.58. The van der Waals surface area contributed by atoms with Crippen LogP contribution in [0.5, 0.6) is 0 Å². The van der Waals surface area contributed by atoms with Gasteiger partial charge in [-0.3, -0.25) is 0 Å². The summed E-state index contributed by atoms with van der Waals surface area (Å²) in [6.45, 7) is 6.19. The van der Waals surface area contributed by atoms with Crippen LogP contribution in [0.2, 0.25) is 0 Å². The minimum Gasteiger partial charge on any atom is -0.463 e. The fourth-order valence-corrected chi connectivity index (χ4v) is 1.10. The van der Waals surface area contributed by atoms with Crippen LogP contribution in [0.1, 0.15) is 38.2 Å². The Morgan fingerprint density at radius 3 is 2.94 bits per heavy atom. The second kappa shape index (κ2) is 6.00. The maximum atomic E-state index is 11.1. The lowest BCUT2D eigenvalue weighted by molar-refractivity contribution is -0.137. The van der Waals surface area contributed by atoms with Gasteiger partial charge >= 0.3 is 5.97 Å². The highest BCUT2D eigenvalue weighted by molar-refractivity contribution is 5.86. The molecule has 0 aromatic carbocycles. The molecule has 0 radical (unpaired) electrons. The van der Waals surface area contributed by atoms with Gasteiger partial charge in [-0.05, 0) is 19.1 Å². The molecule has 4 nitrogen and oxygen atoms in total. The molecular formula is C12H16N2O2. The highest BCUT2D eigenvalue weighted by Crippen LogP contribution is 2.08. The monoisotopic (exact) mass is 220 g/mol. The first kappa shape index (κ1) is 12.4. The number of esters is 1. The topological polar surface area (TPSA) is 52.1 Å². The van der Waals surface area contributed by atoms with Crippen molar-refractivity contribution in [3.63, 3.8) is 0 Å². The van der Waals surface area contributed by atoms with Gasteiger partial charge in [-0.15, -0.1) is 0 Å². The molecule has 0 aliphatic heterocycles. The summed E-state index contributed by atoms with van der Waals surface area (Å²) >= 11 is 0. The average Bonchev–Trinajstić information content (AvgIpc) is 2.27. The summed E-state index contributed by atoms with van der Waals surface area (Å²) in [7, 11) is 0. The second-order valence-corrected chi connectivity index (χ2v) is 3.58. The molecule has 0 amide bonds. The lowest BCUT2D eigenvalue weighted by atomic mass is 10.2. The van der Waals surface area contributed by atoms with Crippen molar-refractivity contribution in [2.24, 2.45) is 0 Å². The van der Waals surface area contributed by atoms with Crippen LogP contribution in [0, 0.1) is 0 Å². The molecule has 0 saturated heterocycles. The quantitative estimate of drug-likeness (QED) is 0.576. The maximum absolute atomic E-state index is 11.1. The van der Waals surface area contributed by atoms with E-state index in [1.807, 2.05) is 13.8 Å². The number of aromatic nitrogens is 2. The van der Waals surface area contributed by atoms with E-state index in [2.05, 4.69) is 9.97 Å². The highest BCUT2D eigenvalue weighted by atomic mass is 16.5. The van der Waals surface area contributed by atoms with Gasteiger partial charge in [-0.1, -0.05) is 13.8 Å². The van der Waals surface area contributed by atoms with Gasteiger partial charge in [-0.25, -0.2) is 14.8 Å². The molecule has 0 aliphatic carbocycles. The zero-order chi connectivity index (χ0) is 12.0. The van der Waals surface area contributed by atoms with Gasteiger partial charge in [0.1, 0.15) is 5.82 Å². The molecule has 0 fully saturated rings. The number of rotatable bonds is 4. The predicted octanol–water partition coefficient (Wildman–Crippen LogP) is 2.18. The van der Waals surface area contributed by atoms with Gasteiger partial charge in [0, 0.05) is 18.2 Å². The lowest BCUT2D eigenvalue weighted by Crippen LogP contribution is -2.00. The van der Waals surface area contributed by atoms with E-state index in [9.17, 15) is 4.79 Å². The zero-order valence-electron chi connectivity index (χ0n) is 9.80. The van der Waals surface area contributed by atoms with Crippen molar-refractivity contribution in [1.82, 2.24) is 9.97 Å². The van der Waals surface area contributed by atoms with Gasteiger partial charge in [0.15, 0.2) is 0 Å². The van der Waals surface area contributed by atoms with Crippen molar-refractivity contribution in [3.05, 3.63) is 29.9 Å². The highest BCUT2D eigenvalue weighted by Gasteiger charge is 2.02. The van der Waals surface area contributed by atoms with Gasteiger partial charge in [0.25, 0.3) is 0 Å². The first-order valence-electron chi connectivity index (χ1n) is 5.31. The SMILES string of the molecule is CCOC(=O)/C=C/c1ccnc(C(C)C)n1. The molecule has 16 heavy (non-hydrogen) atoms. The van der Waals surface area contributed by atoms with Gasteiger partial charge in [0.2, 0.25) is 0 Å². The van der Waals surface area contributed by atoms with Crippen LogP contribution >= 0.6 is 0 Å².